The highest BCUT2D eigenvalue weighted by Crippen LogP contribution is 2.39. The predicted molar refractivity (Wildman–Crippen MR) is 77.9 cm³/mol. The Bertz CT molecular complexity index is 507. The highest BCUT2D eigenvalue weighted by Gasteiger charge is 2.34. The van der Waals surface area contributed by atoms with Gasteiger partial charge in [0.25, 0.3) is 0 Å². The van der Waals surface area contributed by atoms with Crippen LogP contribution in [-0.2, 0) is 4.79 Å². The Morgan fingerprint density at radius 2 is 2.16 bits per heavy atom. The standard InChI is InChI=1S/C12H16N4OS2/c1-19-12-14-10(8-2-3-8)13-11(15-12)16-5-7(6-18)4-9(16)17/h7-8,18H,2-6H2,1H3. The van der Waals surface area contributed by atoms with Crippen molar-refractivity contribution >= 4 is 36.2 Å². The minimum atomic E-state index is 0.0963. The molecule has 5 nitrogen and oxygen atoms in total. The average Bonchev–Trinajstić information content (AvgIpc) is 3.21. The lowest BCUT2D eigenvalue weighted by atomic mass is 10.1. The van der Waals surface area contributed by atoms with E-state index < -0.39 is 0 Å². The molecule has 1 saturated carbocycles. The Morgan fingerprint density at radius 1 is 1.37 bits per heavy atom. The molecule has 1 aliphatic carbocycles. The first-order valence-electron chi connectivity index (χ1n) is 6.42. The molecular formula is C12H16N4OS2. The van der Waals surface area contributed by atoms with Crippen LogP contribution >= 0.6 is 24.4 Å². The molecule has 0 radical (unpaired) electrons. The molecule has 2 fully saturated rings. The fourth-order valence-electron chi connectivity index (χ4n) is 2.19. The monoisotopic (exact) mass is 296 g/mol. The summed E-state index contributed by atoms with van der Waals surface area (Å²) in [5.74, 6) is 2.95. The molecule has 19 heavy (non-hydrogen) atoms. The number of anilines is 1. The van der Waals surface area contributed by atoms with Gasteiger partial charge in [-0.05, 0) is 30.8 Å². The van der Waals surface area contributed by atoms with Gasteiger partial charge in [-0.3, -0.25) is 9.69 Å². The molecule has 2 heterocycles. The number of thioether (sulfide) groups is 1. The number of nitrogens with zero attached hydrogens (tertiary/aromatic N) is 4. The van der Waals surface area contributed by atoms with E-state index >= 15 is 0 Å². The first-order valence-corrected chi connectivity index (χ1v) is 8.28. The fourth-order valence-corrected chi connectivity index (χ4v) is 2.80. The summed E-state index contributed by atoms with van der Waals surface area (Å²) in [7, 11) is 0. The summed E-state index contributed by atoms with van der Waals surface area (Å²) in [4.78, 5) is 27.0. The normalized spacial score (nSPS) is 23.2. The Balaban J connectivity index is 1.91. The summed E-state index contributed by atoms with van der Waals surface area (Å²) in [6, 6.07) is 0. The molecule has 3 rings (SSSR count). The lowest BCUT2D eigenvalue weighted by Gasteiger charge is -2.15. The number of aromatic nitrogens is 3. The van der Waals surface area contributed by atoms with Crippen molar-refractivity contribution in [3.63, 3.8) is 0 Å². The molecule has 1 saturated heterocycles. The van der Waals surface area contributed by atoms with Gasteiger partial charge in [-0.15, -0.1) is 0 Å². The first-order chi connectivity index (χ1) is 9.21. The van der Waals surface area contributed by atoms with Crippen LogP contribution in [0.5, 0.6) is 0 Å². The molecule has 1 aromatic rings. The van der Waals surface area contributed by atoms with Crippen LogP contribution in [0, 0.1) is 5.92 Å². The molecule has 1 amide bonds. The number of amides is 1. The summed E-state index contributed by atoms with van der Waals surface area (Å²) in [5.41, 5.74) is 0. The van der Waals surface area contributed by atoms with Crippen LogP contribution in [0.1, 0.15) is 31.0 Å². The van der Waals surface area contributed by atoms with Crippen molar-refractivity contribution in [3.8, 4) is 0 Å². The van der Waals surface area contributed by atoms with Gasteiger partial charge >= 0.3 is 0 Å². The minimum Gasteiger partial charge on any atom is -0.280 e. The summed E-state index contributed by atoms with van der Waals surface area (Å²) in [6.45, 7) is 0.671. The molecule has 0 aromatic carbocycles. The van der Waals surface area contributed by atoms with E-state index in [1.54, 1.807) is 4.90 Å². The van der Waals surface area contributed by atoms with E-state index in [2.05, 4.69) is 27.6 Å². The second-order valence-corrected chi connectivity index (χ2v) is 6.15. The maximum absolute atomic E-state index is 12.0. The Labute approximate surface area is 122 Å². The first kappa shape index (κ1) is 13.2. The van der Waals surface area contributed by atoms with Crippen LogP contribution in [0.25, 0.3) is 0 Å². The van der Waals surface area contributed by atoms with Crippen molar-refractivity contribution in [2.24, 2.45) is 5.92 Å². The molecular weight excluding hydrogens is 280 g/mol. The van der Waals surface area contributed by atoms with E-state index in [0.29, 0.717) is 35.9 Å². The lowest BCUT2D eigenvalue weighted by Crippen LogP contribution is -2.27. The van der Waals surface area contributed by atoms with Gasteiger partial charge in [0.05, 0.1) is 0 Å². The molecule has 102 valence electrons. The van der Waals surface area contributed by atoms with E-state index in [1.807, 2.05) is 6.26 Å². The summed E-state index contributed by atoms with van der Waals surface area (Å²) in [5, 5.41) is 0.703. The predicted octanol–water partition coefficient (Wildman–Crippen LogP) is 1.75. The highest BCUT2D eigenvalue weighted by molar-refractivity contribution is 7.98. The van der Waals surface area contributed by atoms with Crippen molar-refractivity contribution < 1.29 is 4.79 Å². The lowest BCUT2D eigenvalue weighted by molar-refractivity contribution is -0.117. The molecule has 1 aromatic heterocycles. The number of carbonyl (C=O) groups excluding carboxylic acids is 1. The Hall–Kier alpha value is -0.820. The third-order valence-corrected chi connectivity index (χ3v) is 4.51. The molecule has 7 heteroatoms. The molecule has 1 unspecified atom stereocenters. The molecule has 2 aliphatic rings. The van der Waals surface area contributed by atoms with Crippen molar-refractivity contribution in [2.75, 3.05) is 23.5 Å². The van der Waals surface area contributed by atoms with Crippen molar-refractivity contribution in [1.82, 2.24) is 15.0 Å². The van der Waals surface area contributed by atoms with Gasteiger partial charge in [-0.25, -0.2) is 4.98 Å². The average molecular weight is 296 g/mol. The maximum atomic E-state index is 12.0. The topological polar surface area (TPSA) is 59.0 Å². The molecule has 1 aliphatic heterocycles. The minimum absolute atomic E-state index is 0.0963. The third-order valence-electron chi connectivity index (χ3n) is 3.45. The summed E-state index contributed by atoms with van der Waals surface area (Å²) >= 11 is 5.77. The van der Waals surface area contributed by atoms with Crippen LogP contribution < -0.4 is 4.90 Å². The van der Waals surface area contributed by atoms with Crippen LogP contribution in [0.2, 0.25) is 0 Å². The van der Waals surface area contributed by atoms with Crippen LogP contribution in [0.4, 0.5) is 5.95 Å². The number of carbonyl (C=O) groups is 1. The zero-order chi connectivity index (χ0) is 13.4. The molecule has 0 N–H and O–H groups in total. The highest BCUT2D eigenvalue weighted by atomic mass is 32.2. The third kappa shape index (κ3) is 2.72. The molecule has 0 spiro atoms. The largest absolute Gasteiger partial charge is 0.280 e. The van der Waals surface area contributed by atoms with Crippen molar-refractivity contribution in [3.05, 3.63) is 5.82 Å². The number of rotatable bonds is 4. The van der Waals surface area contributed by atoms with Gasteiger partial charge in [0.15, 0.2) is 5.16 Å². The summed E-state index contributed by atoms with van der Waals surface area (Å²) < 4.78 is 0. The van der Waals surface area contributed by atoms with E-state index in [0.717, 1.165) is 24.4 Å². The molecule has 1 atom stereocenters. The second kappa shape index (κ2) is 5.28. The van der Waals surface area contributed by atoms with E-state index in [4.69, 9.17) is 0 Å². The number of thiol groups is 1. The number of hydrogen-bond acceptors (Lipinski definition) is 6. The Kier molecular flexibility index (Phi) is 3.66. The van der Waals surface area contributed by atoms with Crippen LogP contribution in [0.3, 0.4) is 0 Å². The van der Waals surface area contributed by atoms with Gasteiger partial charge in [-0.2, -0.15) is 22.6 Å². The van der Waals surface area contributed by atoms with Crippen LogP contribution in [0.15, 0.2) is 5.16 Å². The maximum Gasteiger partial charge on any atom is 0.236 e. The Morgan fingerprint density at radius 3 is 2.74 bits per heavy atom. The number of hydrogen-bond donors (Lipinski definition) is 1. The zero-order valence-corrected chi connectivity index (χ0v) is 12.5. The smallest absolute Gasteiger partial charge is 0.236 e. The van der Waals surface area contributed by atoms with Gasteiger partial charge in [0.1, 0.15) is 5.82 Å². The van der Waals surface area contributed by atoms with Crippen LogP contribution in [-0.4, -0.2) is 39.4 Å². The van der Waals surface area contributed by atoms with Crippen molar-refractivity contribution in [1.29, 1.82) is 0 Å². The van der Waals surface area contributed by atoms with Gasteiger partial charge in [-0.1, -0.05) is 11.8 Å². The van der Waals surface area contributed by atoms with E-state index in [9.17, 15) is 4.79 Å². The second-order valence-electron chi connectivity index (χ2n) is 5.01. The van der Waals surface area contributed by atoms with E-state index in [1.165, 1.54) is 11.8 Å². The SMILES string of the molecule is CSc1nc(C2CC2)nc(N2CC(CS)CC2=O)n1. The van der Waals surface area contributed by atoms with Crippen molar-refractivity contribution in [2.45, 2.75) is 30.3 Å². The summed E-state index contributed by atoms with van der Waals surface area (Å²) in [6.07, 6.45) is 4.77. The fraction of sp³-hybridized carbons (Fsp3) is 0.667. The van der Waals surface area contributed by atoms with Gasteiger partial charge in [0.2, 0.25) is 11.9 Å². The van der Waals surface area contributed by atoms with Gasteiger partial charge < -0.3 is 0 Å². The van der Waals surface area contributed by atoms with E-state index in [-0.39, 0.29) is 5.91 Å². The van der Waals surface area contributed by atoms with Gasteiger partial charge in [0, 0.05) is 18.9 Å². The molecule has 0 bridgehead atoms. The zero-order valence-electron chi connectivity index (χ0n) is 10.7. The quantitative estimate of drug-likeness (QED) is 0.677.